The largest absolute Gasteiger partial charge is 0.353 e. The van der Waals surface area contributed by atoms with Crippen LogP contribution in [0.15, 0.2) is 0 Å². The molecule has 3 atom stereocenters. The van der Waals surface area contributed by atoms with Crippen molar-refractivity contribution in [2.75, 3.05) is 6.54 Å². The summed E-state index contributed by atoms with van der Waals surface area (Å²) in [4.78, 5) is 11.7. The second-order valence-corrected chi connectivity index (χ2v) is 4.67. The highest BCUT2D eigenvalue weighted by Gasteiger charge is 2.50. The van der Waals surface area contributed by atoms with E-state index in [1.165, 1.54) is 25.7 Å². The van der Waals surface area contributed by atoms with Crippen LogP contribution in [0.2, 0.25) is 0 Å². The summed E-state index contributed by atoms with van der Waals surface area (Å²) in [5.41, 5.74) is 0. The Labute approximate surface area is 78.3 Å². The summed E-state index contributed by atoms with van der Waals surface area (Å²) >= 11 is 0. The van der Waals surface area contributed by atoms with E-state index in [4.69, 9.17) is 0 Å². The number of hydrogen-bond acceptors (Lipinski definition) is 2. The van der Waals surface area contributed by atoms with Crippen LogP contribution in [0.5, 0.6) is 0 Å². The van der Waals surface area contributed by atoms with Gasteiger partial charge in [-0.1, -0.05) is 0 Å². The first-order chi connectivity index (χ1) is 6.34. The van der Waals surface area contributed by atoms with Crippen molar-refractivity contribution in [3.63, 3.8) is 0 Å². The standard InChI is InChI=1S/C10H16N2O/c13-10(12-7-2-1-3-7)9-6-4-8(9)11-5-6/h6-9,11H,1-5H2,(H,12,13). The van der Waals surface area contributed by atoms with E-state index in [1.54, 1.807) is 0 Å². The predicted molar refractivity (Wildman–Crippen MR) is 49.2 cm³/mol. The van der Waals surface area contributed by atoms with E-state index in [2.05, 4.69) is 10.6 Å². The summed E-state index contributed by atoms with van der Waals surface area (Å²) in [7, 11) is 0. The van der Waals surface area contributed by atoms with Crippen LogP contribution in [0.1, 0.15) is 25.7 Å². The van der Waals surface area contributed by atoms with Crippen LogP contribution in [0.4, 0.5) is 0 Å². The van der Waals surface area contributed by atoms with Crippen LogP contribution < -0.4 is 10.6 Å². The van der Waals surface area contributed by atoms with Gasteiger partial charge in [-0.05, 0) is 38.1 Å². The molecule has 0 aromatic carbocycles. The Hall–Kier alpha value is -0.570. The first-order valence-corrected chi connectivity index (χ1v) is 5.38. The molecule has 4 fully saturated rings. The summed E-state index contributed by atoms with van der Waals surface area (Å²) in [6.45, 7) is 1.06. The second-order valence-electron chi connectivity index (χ2n) is 4.67. The van der Waals surface area contributed by atoms with Gasteiger partial charge in [0.2, 0.25) is 5.91 Å². The van der Waals surface area contributed by atoms with Crippen LogP contribution in [0, 0.1) is 11.8 Å². The molecule has 2 N–H and O–H groups in total. The van der Waals surface area contributed by atoms with E-state index in [-0.39, 0.29) is 0 Å². The van der Waals surface area contributed by atoms with Gasteiger partial charge in [-0.2, -0.15) is 0 Å². The van der Waals surface area contributed by atoms with E-state index in [9.17, 15) is 4.79 Å². The van der Waals surface area contributed by atoms with Crippen molar-refractivity contribution in [3.8, 4) is 0 Å². The number of carbonyl (C=O) groups excluding carboxylic acids is 1. The first kappa shape index (κ1) is 7.80. The average Bonchev–Trinajstić information content (AvgIpc) is 2.55. The lowest BCUT2D eigenvalue weighted by Gasteiger charge is -2.36. The molecule has 2 bridgehead atoms. The molecule has 3 heteroatoms. The molecule has 13 heavy (non-hydrogen) atoms. The van der Waals surface area contributed by atoms with Gasteiger partial charge in [0.1, 0.15) is 0 Å². The summed E-state index contributed by atoms with van der Waals surface area (Å²) in [6.07, 6.45) is 4.91. The Kier molecular flexibility index (Phi) is 1.62. The zero-order valence-electron chi connectivity index (χ0n) is 7.75. The van der Waals surface area contributed by atoms with E-state index < -0.39 is 0 Å². The SMILES string of the molecule is O=C(NC1CCC1)C1C2CNC1C2. The molecule has 0 spiro atoms. The fourth-order valence-corrected chi connectivity index (χ4v) is 2.72. The molecule has 3 nitrogen and oxygen atoms in total. The van der Waals surface area contributed by atoms with Gasteiger partial charge in [-0.15, -0.1) is 0 Å². The van der Waals surface area contributed by atoms with Gasteiger partial charge < -0.3 is 10.6 Å². The molecule has 0 aromatic rings. The number of nitrogens with one attached hydrogen (secondary N) is 2. The monoisotopic (exact) mass is 180 g/mol. The second kappa shape index (κ2) is 2.71. The zero-order chi connectivity index (χ0) is 8.84. The van der Waals surface area contributed by atoms with Crippen LogP contribution in [0.3, 0.4) is 0 Å². The summed E-state index contributed by atoms with van der Waals surface area (Å²) in [5, 5.41) is 6.51. The predicted octanol–water partition coefficient (Wildman–Crippen LogP) is 0.263. The molecule has 1 amide bonds. The highest BCUT2D eigenvalue weighted by Crippen LogP contribution is 2.40. The summed E-state index contributed by atoms with van der Waals surface area (Å²) in [5.74, 6) is 1.27. The summed E-state index contributed by atoms with van der Waals surface area (Å²) in [6, 6.07) is 1.01. The van der Waals surface area contributed by atoms with Gasteiger partial charge >= 0.3 is 0 Å². The van der Waals surface area contributed by atoms with Gasteiger partial charge in [0.25, 0.3) is 0 Å². The highest BCUT2D eigenvalue weighted by atomic mass is 16.2. The van der Waals surface area contributed by atoms with Crippen molar-refractivity contribution in [1.29, 1.82) is 0 Å². The Balaban J connectivity index is 1.56. The molecule has 0 aromatic heterocycles. The minimum absolute atomic E-state index is 0.306. The smallest absolute Gasteiger partial charge is 0.225 e. The van der Waals surface area contributed by atoms with Crippen molar-refractivity contribution in [3.05, 3.63) is 0 Å². The Bertz CT molecular complexity index is 223. The van der Waals surface area contributed by atoms with E-state index in [0.717, 1.165) is 6.54 Å². The molecule has 2 heterocycles. The minimum atomic E-state index is 0.306. The number of fused-ring (bicyclic) bond motifs is 1. The van der Waals surface area contributed by atoms with E-state index in [0.29, 0.717) is 29.8 Å². The Morgan fingerprint density at radius 2 is 2.23 bits per heavy atom. The van der Waals surface area contributed by atoms with Crippen molar-refractivity contribution in [2.24, 2.45) is 11.8 Å². The van der Waals surface area contributed by atoms with Crippen molar-refractivity contribution < 1.29 is 4.79 Å². The number of hydrogen-bond donors (Lipinski definition) is 2. The maximum absolute atomic E-state index is 11.7. The third kappa shape index (κ3) is 1.10. The lowest BCUT2D eigenvalue weighted by atomic mass is 9.73. The van der Waals surface area contributed by atoms with Gasteiger partial charge in [-0.25, -0.2) is 0 Å². The highest BCUT2D eigenvalue weighted by molar-refractivity contribution is 5.81. The van der Waals surface area contributed by atoms with Crippen molar-refractivity contribution in [1.82, 2.24) is 10.6 Å². The fraction of sp³-hybridized carbons (Fsp3) is 0.900. The van der Waals surface area contributed by atoms with Crippen LogP contribution in [-0.2, 0) is 4.79 Å². The average molecular weight is 180 g/mol. The molecular formula is C10H16N2O. The van der Waals surface area contributed by atoms with Gasteiger partial charge in [0, 0.05) is 12.1 Å². The van der Waals surface area contributed by atoms with E-state index in [1.807, 2.05) is 0 Å². The lowest BCUT2D eigenvalue weighted by Crippen LogP contribution is -2.51. The third-order valence-electron chi connectivity index (χ3n) is 3.89. The molecule has 2 aliphatic heterocycles. The normalized spacial score (nSPS) is 42.3. The molecular weight excluding hydrogens is 164 g/mol. The molecule has 4 rings (SSSR count). The van der Waals surface area contributed by atoms with E-state index >= 15 is 0 Å². The Morgan fingerprint density at radius 1 is 1.38 bits per heavy atom. The number of amides is 1. The summed E-state index contributed by atoms with van der Waals surface area (Å²) < 4.78 is 0. The molecule has 2 saturated heterocycles. The molecule has 2 saturated carbocycles. The molecule has 0 radical (unpaired) electrons. The van der Waals surface area contributed by atoms with Crippen molar-refractivity contribution >= 4 is 5.91 Å². The van der Waals surface area contributed by atoms with Crippen LogP contribution in [0.25, 0.3) is 0 Å². The van der Waals surface area contributed by atoms with Gasteiger partial charge in [0.05, 0.1) is 5.92 Å². The molecule has 3 unspecified atom stereocenters. The third-order valence-corrected chi connectivity index (χ3v) is 3.89. The zero-order valence-corrected chi connectivity index (χ0v) is 7.75. The fourth-order valence-electron chi connectivity index (χ4n) is 2.72. The van der Waals surface area contributed by atoms with Crippen LogP contribution in [-0.4, -0.2) is 24.5 Å². The number of carbonyl (C=O) groups is 1. The molecule has 2 aliphatic carbocycles. The maximum atomic E-state index is 11.7. The van der Waals surface area contributed by atoms with Gasteiger partial charge in [-0.3, -0.25) is 4.79 Å². The first-order valence-electron chi connectivity index (χ1n) is 5.38. The Morgan fingerprint density at radius 3 is 2.69 bits per heavy atom. The lowest BCUT2D eigenvalue weighted by molar-refractivity contribution is -0.130. The molecule has 72 valence electrons. The number of rotatable bonds is 2. The van der Waals surface area contributed by atoms with Crippen LogP contribution >= 0.6 is 0 Å². The quantitative estimate of drug-likeness (QED) is 0.640. The van der Waals surface area contributed by atoms with Crippen molar-refractivity contribution in [2.45, 2.75) is 37.8 Å². The minimum Gasteiger partial charge on any atom is -0.353 e. The topological polar surface area (TPSA) is 41.1 Å². The van der Waals surface area contributed by atoms with Gasteiger partial charge in [0.15, 0.2) is 0 Å². The maximum Gasteiger partial charge on any atom is 0.225 e. The molecule has 4 aliphatic rings.